The summed E-state index contributed by atoms with van der Waals surface area (Å²) in [6.45, 7) is 0. The molecular weight excluding hydrogens is 250 g/mol. The van der Waals surface area contributed by atoms with Gasteiger partial charge in [-0.15, -0.1) is 5.10 Å². The molecule has 0 saturated carbocycles. The molecule has 2 atom stereocenters. The quantitative estimate of drug-likeness (QED) is 0.843. The number of carbonyl (C=O) groups is 1. The first-order valence-corrected chi connectivity index (χ1v) is 6.37. The molecule has 6 heteroatoms. The van der Waals surface area contributed by atoms with Crippen molar-refractivity contribution in [3.05, 3.63) is 46.5 Å². The fraction of sp³-hybridized carbons (Fsp3) is 0.250. The van der Waals surface area contributed by atoms with Crippen molar-refractivity contribution in [3.63, 3.8) is 0 Å². The molecule has 1 amide bonds. The van der Waals surface area contributed by atoms with Gasteiger partial charge in [0.15, 0.2) is 0 Å². The number of carbonyl (C=O) groups excluding carboxylic acids is 1. The van der Waals surface area contributed by atoms with E-state index in [0.29, 0.717) is 11.3 Å². The highest BCUT2D eigenvalue weighted by Crippen LogP contribution is 2.31. The van der Waals surface area contributed by atoms with Gasteiger partial charge in [0.1, 0.15) is 4.88 Å². The van der Waals surface area contributed by atoms with Gasteiger partial charge in [-0.1, -0.05) is 28.8 Å². The number of fused-ring (bicyclic) bond motifs is 1. The van der Waals surface area contributed by atoms with Crippen molar-refractivity contribution in [2.45, 2.75) is 18.6 Å². The third kappa shape index (κ3) is 1.89. The van der Waals surface area contributed by atoms with Crippen LogP contribution in [0.4, 0.5) is 0 Å². The van der Waals surface area contributed by atoms with E-state index in [9.17, 15) is 9.90 Å². The summed E-state index contributed by atoms with van der Waals surface area (Å²) in [6.07, 6.45) is 1.42. The Hall–Kier alpha value is -1.79. The Morgan fingerprint density at radius 2 is 2.28 bits per heavy atom. The van der Waals surface area contributed by atoms with Crippen molar-refractivity contribution < 1.29 is 9.90 Å². The third-order valence-electron chi connectivity index (χ3n) is 3.08. The smallest absolute Gasteiger partial charge is 0.265 e. The molecule has 2 aromatic rings. The van der Waals surface area contributed by atoms with Gasteiger partial charge in [0.05, 0.1) is 18.3 Å². The minimum absolute atomic E-state index is 0.245. The van der Waals surface area contributed by atoms with Gasteiger partial charge in [-0.25, -0.2) is 0 Å². The molecule has 1 aromatic heterocycles. The second-order valence-corrected chi connectivity index (χ2v) is 4.99. The van der Waals surface area contributed by atoms with Crippen molar-refractivity contribution in [3.8, 4) is 0 Å². The maximum atomic E-state index is 11.9. The Kier molecular flexibility index (Phi) is 2.81. The summed E-state index contributed by atoms with van der Waals surface area (Å²) in [5, 5.41) is 16.5. The van der Waals surface area contributed by atoms with E-state index in [1.165, 1.54) is 6.20 Å². The molecule has 1 aliphatic carbocycles. The van der Waals surface area contributed by atoms with Gasteiger partial charge in [-0.2, -0.15) is 0 Å². The van der Waals surface area contributed by atoms with Gasteiger partial charge >= 0.3 is 0 Å². The lowest BCUT2D eigenvalue weighted by Gasteiger charge is -2.17. The highest BCUT2D eigenvalue weighted by molar-refractivity contribution is 7.07. The molecular formula is C12H11N3O2S. The number of nitrogens with one attached hydrogen (secondary N) is 1. The SMILES string of the molecule is O=C(N[C@@H]1c2ccccc2C[C@@H]1O)c1cnns1. The van der Waals surface area contributed by atoms with Crippen molar-refractivity contribution >= 4 is 17.4 Å². The van der Waals surface area contributed by atoms with E-state index in [4.69, 9.17) is 0 Å². The summed E-state index contributed by atoms with van der Waals surface area (Å²) in [6, 6.07) is 7.39. The first kappa shape index (κ1) is 11.3. The number of amides is 1. The summed E-state index contributed by atoms with van der Waals surface area (Å²) >= 11 is 1.04. The number of hydrogen-bond donors (Lipinski definition) is 2. The van der Waals surface area contributed by atoms with Gasteiger partial charge in [0, 0.05) is 6.42 Å². The van der Waals surface area contributed by atoms with Crippen LogP contribution in [0, 0.1) is 0 Å². The van der Waals surface area contributed by atoms with Crippen molar-refractivity contribution in [2.75, 3.05) is 0 Å². The van der Waals surface area contributed by atoms with E-state index in [-0.39, 0.29) is 11.9 Å². The Bertz CT molecular complexity index is 570. The molecule has 0 fully saturated rings. The van der Waals surface area contributed by atoms with Crippen LogP contribution in [0.1, 0.15) is 26.8 Å². The molecule has 0 radical (unpaired) electrons. The van der Waals surface area contributed by atoms with Gasteiger partial charge in [-0.05, 0) is 22.7 Å². The average Bonchev–Trinajstić information content (AvgIpc) is 2.98. The lowest BCUT2D eigenvalue weighted by Crippen LogP contribution is -2.33. The van der Waals surface area contributed by atoms with Crippen molar-refractivity contribution in [1.29, 1.82) is 0 Å². The minimum Gasteiger partial charge on any atom is -0.390 e. The molecule has 1 heterocycles. The molecule has 0 bridgehead atoms. The zero-order chi connectivity index (χ0) is 12.5. The zero-order valence-electron chi connectivity index (χ0n) is 9.41. The van der Waals surface area contributed by atoms with Crippen LogP contribution < -0.4 is 5.32 Å². The lowest BCUT2D eigenvalue weighted by atomic mass is 10.1. The molecule has 1 aliphatic rings. The molecule has 2 N–H and O–H groups in total. The number of benzene rings is 1. The lowest BCUT2D eigenvalue weighted by molar-refractivity contribution is 0.0862. The van der Waals surface area contributed by atoms with E-state index in [1.54, 1.807) is 0 Å². The van der Waals surface area contributed by atoms with E-state index < -0.39 is 6.10 Å². The van der Waals surface area contributed by atoms with Crippen LogP contribution in [0.25, 0.3) is 0 Å². The number of aliphatic hydroxyl groups excluding tert-OH is 1. The van der Waals surface area contributed by atoms with Crippen LogP contribution in [-0.2, 0) is 6.42 Å². The Morgan fingerprint density at radius 1 is 1.44 bits per heavy atom. The molecule has 0 unspecified atom stereocenters. The van der Waals surface area contributed by atoms with Crippen molar-refractivity contribution in [2.24, 2.45) is 0 Å². The molecule has 0 spiro atoms. The van der Waals surface area contributed by atoms with Gasteiger partial charge in [0.2, 0.25) is 0 Å². The number of aromatic nitrogens is 2. The fourth-order valence-corrected chi connectivity index (χ4v) is 2.65. The number of rotatable bonds is 2. The molecule has 0 aliphatic heterocycles. The molecule has 92 valence electrons. The van der Waals surface area contributed by atoms with Crippen LogP contribution in [0.3, 0.4) is 0 Å². The first-order valence-electron chi connectivity index (χ1n) is 5.60. The van der Waals surface area contributed by atoms with Crippen LogP contribution in [0.2, 0.25) is 0 Å². The van der Waals surface area contributed by atoms with Crippen molar-refractivity contribution in [1.82, 2.24) is 14.9 Å². The number of aliphatic hydroxyl groups is 1. The highest BCUT2D eigenvalue weighted by atomic mass is 32.1. The average molecular weight is 261 g/mol. The predicted molar refractivity (Wildman–Crippen MR) is 66.3 cm³/mol. The maximum absolute atomic E-state index is 11.9. The highest BCUT2D eigenvalue weighted by Gasteiger charge is 2.32. The van der Waals surface area contributed by atoms with Crippen LogP contribution in [-0.4, -0.2) is 26.7 Å². The Labute approximate surface area is 108 Å². The van der Waals surface area contributed by atoms with Gasteiger partial charge < -0.3 is 10.4 Å². The van der Waals surface area contributed by atoms with Gasteiger partial charge in [0.25, 0.3) is 5.91 Å². The summed E-state index contributed by atoms with van der Waals surface area (Å²) in [5.74, 6) is -0.245. The summed E-state index contributed by atoms with van der Waals surface area (Å²) in [7, 11) is 0. The monoisotopic (exact) mass is 261 g/mol. The van der Waals surface area contributed by atoms with E-state index >= 15 is 0 Å². The van der Waals surface area contributed by atoms with Crippen LogP contribution in [0.15, 0.2) is 30.5 Å². The minimum atomic E-state index is -0.577. The molecule has 1 aromatic carbocycles. The first-order chi connectivity index (χ1) is 8.75. The van der Waals surface area contributed by atoms with E-state index in [2.05, 4.69) is 14.9 Å². The molecule has 0 saturated heterocycles. The summed E-state index contributed by atoms with van der Waals surface area (Å²) in [4.78, 5) is 12.4. The van der Waals surface area contributed by atoms with Crippen LogP contribution >= 0.6 is 11.5 Å². The van der Waals surface area contributed by atoms with Gasteiger partial charge in [-0.3, -0.25) is 4.79 Å². The normalized spacial score (nSPS) is 21.6. The second-order valence-electron chi connectivity index (χ2n) is 4.20. The number of nitrogens with zero attached hydrogens (tertiary/aromatic N) is 2. The molecule has 3 rings (SSSR count). The Morgan fingerprint density at radius 3 is 3.06 bits per heavy atom. The van der Waals surface area contributed by atoms with E-state index in [1.807, 2.05) is 24.3 Å². The second kappa shape index (κ2) is 4.47. The van der Waals surface area contributed by atoms with E-state index in [0.717, 1.165) is 22.7 Å². The van der Waals surface area contributed by atoms with Crippen LogP contribution in [0.5, 0.6) is 0 Å². The topological polar surface area (TPSA) is 75.1 Å². The molecule has 5 nitrogen and oxygen atoms in total. The summed E-state index contributed by atoms with van der Waals surface area (Å²) in [5.41, 5.74) is 2.06. The molecule has 18 heavy (non-hydrogen) atoms. The zero-order valence-corrected chi connectivity index (χ0v) is 10.2. The predicted octanol–water partition coefficient (Wildman–Crippen LogP) is 0.926. The third-order valence-corrected chi connectivity index (χ3v) is 3.74. The number of hydrogen-bond acceptors (Lipinski definition) is 5. The summed E-state index contributed by atoms with van der Waals surface area (Å²) < 4.78 is 3.65. The Balaban J connectivity index is 1.83. The fourth-order valence-electron chi connectivity index (χ4n) is 2.23. The maximum Gasteiger partial charge on any atom is 0.265 e. The largest absolute Gasteiger partial charge is 0.390 e. The standard InChI is InChI=1S/C12H11N3O2S/c16-9-5-7-3-1-2-4-8(7)11(9)14-12(17)10-6-13-15-18-10/h1-4,6,9,11,16H,5H2,(H,14,17)/t9-,11+/m0/s1.